The molecule has 0 bridgehead atoms. The Morgan fingerprint density at radius 3 is 2.37 bits per heavy atom. The molecule has 0 aliphatic rings. The number of halogens is 3. The van der Waals surface area contributed by atoms with E-state index in [9.17, 15) is 0 Å². The standard InChI is InChI=1S/C14H15BrCl2N2/c1-9-14(17)13(19(2)18-9)7-11(8-15)10-3-5-12(16)6-4-10/h3-6,11H,7-8H2,1-2H3. The van der Waals surface area contributed by atoms with Crippen LogP contribution in [0.15, 0.2) is 24.3 Å². The molecule has 0 N–H and O–H groups in total. The van der Waals surface area contributed by atoms with Gasteiger partial charge in [0, 0.05) is 17.4 Å². The van der Waals surface area contributed by atoms with Gasteiger partial charge in [-0.2, -0.15) is 5.10 Å². The van der Waals surface area contributed by atoms with E-state index in [4.69, 9.17) is 23.2 Å². The summed E-state index contributed by atoms with van der Waals surface area (Å²) in [4.78, 5) is 0. The molecule has 1 unspecified atom stereocenters. The van der Waals surface area contributed by atoms with Gasteiger partial charge in [0.05, 0.1) is 16.4 Å². The molecular formula is C14H15BrCl2N2. The number of hydrogen-bond acceptors (Lipinski definition) is 1. The monoisotopic (exact) mass is 360 g/mol. The second-order valence-electron chi connectivity index (χ2n) is 4.58. The minimum Gasteiger partial charge on any atom is -0.271 e. The first kappa shape index (κ1) is 14.9. The maximum Gasteiger partial charge on any atom is 0.0847 e. The first-order valence-corrected chi connectivity index (χ1v) is 7.90. The summed E-state index contributed by atoms with van der Waals surface area (Å²) in [5, 5.41) is 6.75. The van der Waals surface area contributed by atoms with Gasteiger partial charge in [-0.1, -0.05) is 51.3 Å². The Hall–Kier alpha value is -0.510. The molecule has 1 aromatic carbocycles. The van der Waals surface area contributed by atoms with Crippen LogP contribution in [-0.4, -0.2) is 15.1 Å². The van der Waals surface area contributed by atoms with Crippen LogP contribution in [0.2, 0.25) is 10.0 Å². The Morgan fingerprint density at radius 1 is 1.26 bits per heavy atom. The van der Waals surface area contributed by atoms with E-state index in [1.165, 1.54) is 5.56 Å². The number of benzene rings is 1. The summed E-state index contributed by atoms with van der Waals surface area (Å²) in [6, 6.07) is 7.96. The van der Waals surface area contributed by atoms with Crippen molar-refractivity contribution in [1.29, 1.82) is 0 Å². The molecular weight excluding hydrogens is 347 g/mol. The van der Waals surface area contributed by atoms with Crippen LogP contribution in [0.1, 0.15) is 22.9 Å². The number of hydrogen-bond donors (Lipinski definition) is 0. The summed E-state index contributed by atoms with van der Waals surface area (Å²) in [6.07, 6.45) is 0.850. The maximum atomic E-state index is 6.31. The molecule has 0 saturated heterocycles. The Balaban J connectivity index is 2.26. The quantitative estimate of drug-likeness (QED) is 0.718. The van der Waals surface area contributed by atoms with Crippen LogP contribution < -0.4 is 0 Å². The largest absolute Gasteiger partial charge is 0.271 e. The van der Waals surface area contributed by atoms with Crippen molar-refractivity contribution in [2.24, 2.45) is 7.05 Å². The lowest BCUT2D eigenvalue weighted by atomic mass is 9.96. The van der Waals surface area contributed by atoms with E-state index in [-0.39, 0.29) is 0 Å². The smallest absolute Gasteiger partial charge is 0.0847 e. The van der Waals surface area contributed by atoms with Crippen LogP contribution in [0.25, 0.3) is 0 Å². The molecule has 1 heterocycles. The Bertz CT molecular complexity index is 564. The summed E-state index contributed by atoms with van der Waals surface area (Å²) in [6.45, 7) is 1.93. The van der Waals surface area contributed by atoms with Crippen LogP contribution in [-0.2, 0) is 13.5 Å². The number of aryl methyl sites for hydroxylation is 2. The first-order chi connectivity index (χ1) is 9.02. The van der Waals surface area contributed by atoms with Gasteiger partial charge in [0.1, 0.15) is 0 Å². The van der Waals surface area contributed by atoms with E-state index < -0.39 is 0 Å². The lowest BCUT2D eigenvalue weighted by Gasteiger charge is -2.15. The Labute approximate surface area is 131 Å². The first-order valence-electron chi connectivity index (χ1n) is 6.02. The van der Waals surface area contributed by atoms with Crippen LogP contribution in [0.5, 0.6) is 0 Å². The van der Waals surface area contributed by atoms with Crippen LogP contribution in [0, 0.1) is 6.92 Å². The van der Waals surface area contributed by atoms with Crippen LogP contribution in [0.4, 0.5) is 0 Å². The van der Waals surface area contributed by atoms with E-state index in [2.05, 4.69) is 33.2 Å². The molecule has 2 aromatic rings. The van der Waals surface area contributed by atoms with Crippen molar-refractivity contribution in [3.05, 3.63) is 51.3 Å². The van der Waals surface area contributed by atoms with Crippen LogP contribution in [0.3, 0.4) is 0 Å². The molecule has 1 aromatic heterocycles. The number of nitrogens with zero attached hydrogens (tertiary/aromatic N) is 2. The van der Waals surface area contributed by atoms with Crippen molar-refractivity contribution in [1.82, 2.24) is 9.78 Å². The lowest BCUT2D eigenvalue weighted by Crippen LogP contribution is -2.08. The van der Waals surface area contributed by atoms with E-state index in [1.54, 1.807) is 0 Å². The predicted molar refractivity (Wildman–Crippen MR) is 84.6 cm³/mol. The minimum atomic E-state index is 0.351. The number of alkyl halides is 1. The summed E-state index contributed by atoms with van der Waals surface area (Å²) in [5.41, 5.74) is 3.19. The van der Waals surface area contributed by atoms with Crippen molar-refractivity contribution in [3.8, 4) is 0 Å². The lowest BCUT2D eigenvalue weighted by molar-refractivity contribution is 0.660. The van der Waals surface area contributed by atoms with Crippen molar-refractivity contribution < 1.29 is 0 Å². The van der Waals surface area contributed by atoms with Gasteiger partial charge in [-0.25, -0.2) is 0 Å². The molecule has 5 heteroatoms. The normalized spacial score (nSPS) is 12.7. The van der Waals surface area contributed by atoms with Crippen molar-refractivity contribution in [3.63, 3.8) is 0 Å². The van der Waals surface area contributed by atoms with Gasteiger partial charge in [-0.15, -0.1) is 0 Å². The Kier molecular flexibility index (Phi) is 4.93. The number of aromatic nitrogens is 2. The highest BCUT2D eigenvalue weighted by Crippen LogP contribution is 2.28. The predicted octanol–water partition coefficient (Wildman–Crippen LogP) is 4.76. The summed E-state index contributed by atoms with van der Waals surface area (Å²) in [7, 11) is 1.93. The second kappa shape index (κ2) is 6.29. The molecule has 0 saturated carbocycles. The van der Waals surface area contributed by atoms with Gasteiger partial charge < -0.3 is 0 Å². The van der Waals surface area contributed by atoms with E-state index in [0.717, 1.165) is 33.2 Å². The van der Waals surface area contributed by atoms with Crippen molar-refractivity contribution in [2.45, 2.75) is 19.3 Å². The van der Waals surface area contributed by atoms with E-state index in [0.29, 0.717) is 5.92 Å². The van der Waals surface area contributed by atoms with Gasteiger partial charge in [0.15, 0.2) is 0 Å². The zero-order valence-corrected chi connectivity index (χ0v) is 13.9. The van der Waals surface area contributed by atoms with Gasteiger partial charge in [-0.3, -0.25) is 4.68 Å². The molecule has 0 amide bonds. The van der Waals surface area contributed by atoms with Gasteiger partial charge >= 0.3 is 0 Å². The fraction of sp³-hybridized carbons (Fsp3) is 0.357. The minimum absolute atomic E-state index is 0.351. The summed E-state index contributed by atoms with van der Waals surface area (Å²) in [5.74, 6) is 0.351. The van der Waals surface area contributed by atoms with Gasteiger partial charge in [0.2, 0.25) is 0 Å². The molecule has 0 aliphatic carbocycles. The van der Waals surface area contributed by atoms with Gasteiger partial charge in [-0.05, 0) is 37.0 Å². The molecule has 0 fully saturated rings. The van der Waals surface area contributed by atoms with Crippen LogP contribution >= 0.6 is 39.1 Å². The van der Waals surface area contributed by atoms with E-state index in [1.807, 2.05) is 30.8 Å². The highest BCUT2D eigenvalue weighted by molar-refractivity contribution is 9.09. The topological polar surface area (TPSA) is 17.8 Å². The van der Waals surface area contributed by atoms with Gasteiger partial charge in [0.25, 0.3) is 0 Å². The third-order valence-corrected chi connectivity index (χ3v) is 4.75. The Morgan fingerprint density at radius 2 is 1.89 bits per heavy atom. The highest BCUT2D eigenvalue weighted by Gasteiger charge is 2.17. The zero-order chi connectivity index (χ0) is 14.0. The molecule has 2 rings (SSSR count). The second-order valence-corrected chi connectivity index (χ2v) is 6.04. The summed E-state index contributed by atoms with van der Waals surface area (Å²) >= 11 is 15.8. The van der Waals surface area contributed by atoms with Crippen molar-refractivity contribution in [2.75, 3.05) is 5.33 Å². The zero-order valence-electron chi connectivity index (χ0n) is 10.8. The van der Waals surface area contributed by atoms with E-state index >= 15 is 0 Å². The summed E-state index contributed by atoms with van der Waals surface area (Å²) < 4.78 is 1.86. The fourth-order valence-corrected chi connectivity index (χ4v) is 3.10. The number of rotatable bonds is 4. The molecule has 102 valence electrons. The highest BCUT2D eigenvalue weighted by atomic mass is 79.9. The molecule has 0 spiro atoms. The fourth-order valence-electron chi connectivity index (χ4n) is 2.13. The molecule has 0 radical (unpaired) electrons. The maximum absolute atomic E-state index is 6.31. The van der Waals surface area contributed by atoms with Crippen molar-refractivity contribution >= 4 is 39.1 Å². The third kappa shape index (κ3) is 3.33. The molecule has 19 heavy (non-hydrogen) atoms. The third-order valence-electron chi connectivity index (χ3n) is 3.23. The molecule has 1 atom stereocenters. The molecule has 0 aliphatic heterocycles. The average Bonchev–Trinajstić information content (AvgIpc) is 2.63. The SMILES string of the molecule is Cc1nn(C)c(CC(CBr)c2ccc(Cl)cc2)c1Cl. The average molecular weight is 362 g/mol. The molecule has 2 nitrogen and oxygen atoms in total.